The monoisotopic (exact) mass is 202 g/mol. The lowest BCUT2D eigenvalue weighted by atomic mass is 10.2. The van der Waals surface area contributed by atoms with Gasteiger partial charge >= 0.3 is 6.01 Å². The van der Waals surface area contributed by atoms with Crippen LogP contribution in [0.3, 0.4) is 0 Å². The van der Waals surface area contributed by atoms with Gasteiger partial charge in [-0.05, 0) is 13.0 Å². The second-order valence-corrected chi connectivity index (χ2v) is 2.95. The summed E-state index contributed by atoms with van der Waals surface area (Å²) in [5.41, 5.74) is 1.66. The van der Waals surface area contributed by atoms with Gasteiger partial charge in [0.15, 0.2) is 0 Å². The molecule has 0 aromatic carbocycles. The van der Waals surface area contributed by atoms with Gasteiger partial charge in [-0.15, -0.1) is 0 Å². The molecule has 0 aliphatic rings. The zero-order chi connectivity index (χ0) is 10.7. The first kappa shape index (κ1) is 9.51. The van der Waals surface area contributed by atoms with Crippen molar-refractivity contribution in [2.45, 2.75) is 6.92 Å². The molecule has 0 aliphatic carbocycles. The fourth-order valence-corrected chi connectivity index (χ4v) is 1.17. The third-order valence-corrected chi connectivity index (χ3v) is 1.88. The minimum Gasteiger partial charge on any atom is -0.467 e. The van der Waals surface area contributed by atoms with Gasteiger partial charge < -0.3 is 4.74 Å². The van der Waals surface area contributed by atoms with E-state index in [0.29, 0.717) is 6.01 Å². The first-order chi connectivity index (χ1) is 7.29. The van der Waals surface area contributed by atoms with E-state index < -0.39 is 0 Å². The van der Waals surface area contributed by atoms with Crippen LogP contribution in [0.2, 0.25) is 0 Å². The van der Waals surface area contributed by atoms with E-state index in [1.165, 1.54) is 7.11 Å². The van der Waals surface area contributed by atoms with E-state index in [1.807, 2.05) is 13.0 Å². The highest BCUT2D eigenvalue weighted by atomic mass is 16.5. The van der Waals surface area contributed by atoms with Gasteiger partial charge in [0, 0.05) is 24.2 Å². The molecule has 0 aliphatic heterocycles. The molecule has 15 heavy (non-hydrogen) atoms. The zero-order valence-corrected chi connectivity index (χ0v) is 8.51. The van der Waals surface area contributed by atoms with Crippen LogP contribution in [-0.4, -0.2) is 27.0 Å². The number of rotatable bonds is 2. The van der Waals surface area contributed by atoms with E-state index in [9.17, 15) is 0 Å². The molecule has 2 heterocycles. The summed E-state index contributed by atoms with van der Waals surface area (Å²) in [4.78, 5) is 16.3. The average Bonchev–Trinajstić information content (AvgIpc) is 2.29. The van der Waals surface area contributed by atoms with Crippen LogP contribution in [0.4, 0.5) is 0 Å². The summed E-state index contributed by atoms with van der Waals surface area (Å²) < 4.78 is 4.87. The minimum atomic E-state index is 0.351. The van der Waals surface area contributed by atoms with Crippen molar-refractivity contribution in [2.75, 3.05) is 7.11 Å². The highest BCUT2D eigenvalue weighted by molar-refractivity contribution is 5.56. The standard InChI is InChI=1S/C10H10N4O/c1-7-11-4-3-9(14-7)8-5-12-10(15-2)13-6-8/h3-6H,1-2H3. The number of nitrogens with zero attached hydrogens (tertiary/aromatic N) is 4. The summed E-state index contributed by atoms with van der Waals surface area (Å²) >= 11 is 0. The van der Waals surface area contributed by atoms with Crippen molar-refractivity contribution >= 4 is 0 Å². The van der Waals surface area contributed by atoms with E-state index in [0.717, 1.165) is 17.1 Å². The molecule has 2 aromatic heterocycles. The van der Waals surface area contributed by atoms with Gasteiger partial charge in [0.1, 0.15) is 5.82 Å². The topological polar surface area (TPSA) is 60.8 Å². The van der Waals surface area contributed by atoms with Crippen LogP contribution in [0.15, 0.2) is 24.7 Å². The molecule has 0 amide bonds. The predicted octanol–water partition coefficient (Wildman–Crippen LogP) is 1.25. The second-order valence-electron chi connectivity index (χ2n) is 2.95. The minimum absolute atomic E-state index is 0.351. The Morgan fingerprint density at radius 3 is 2.47 bits per heavy atom. The molecule has 0 saturated heterocycles. The lowest BCUT2D eigenvalue weighted by Crippen LogP contribution is -1.94. The van der Waals surface area contributed by atoms with Crippen LogP contribution in [0.25, 0.3) is 11.3 Å². The van der Waals surface area contributed by atoms with E-state index >= 15 is 0 Å². The molecule has 0 N–H and O–H groups in total. The molecule has 0 fully saturated rings. The molecule has 76 valence electrons. The molecule has 2 rings (SSSR count). The highest BCUT2D eigenvalue weighted by Crippen LogP contribution is 2.15. The molecule has 0 atom stereocenters. The van der Waals surface area contributed by atoms with E-state index in [-0.39, 0.29) is 0 Å². The van der Waals surface area contributed by atoms with Crippen molar-refractivity contribution in [2.24, 2.45) is 0 Å². The maximum Gasteiger partial charge on any atom is 0.316 e. The number of ether oxygens (including phenoxy) is 1. The van der Waals surface area contributed by atoms with Crippen LogP contribution in [0.1, 0.15) is 5.82 Å². The number of hydrogen-bond acceptors (Lipinski definition) is 5. The summed E-state index contributed by atoms with van der Waals surface area (Å²) in [6.07, 6.45) is 5.06. The van der Waals surface area contributed by atoms with Gasteiger partial charge in [0.05, 0.1) is 12.8 Å². The van der Waals surface area contributed by atoms with Gasteiger partial charge in [-0.2, -0.15) is 0 Å². The second kappa shape index (κ2) is 4.00. The molecule has 0 saturated carbocycles. The Labute approximate surface area is 87.2 Å². The summed E-state index contributed by atoms with van der Waals surface area (Å²) in [6.45, 7) is 1.84. The molecule has 5 nitrogen and oxygen atoms in total. The fraction of sp³-hybridized carbons (Fsp3) is 0.200. The van der Waals surface area contributed by atoms with Crippen molar-refractivity contribution in [1.82, 2.24) is 19.9 Å². The Kier molecular flexibility index (Phi) is 2.53. The molecule has 5 heteroatoms. The molecular weight excluding hydrogens is 192 g/mol. The lowest BCUT2D eigenvalue weighted by molar-refractivity contribution is 0.380. The molecule has 0 bridgehead atoms. The maximum atomic E-state index is 4.87. The molecule has 0 spiro atoms. The summed E-state index contributed by atoms with van der Waals surface area (Å²) in [5.74, 6) is 0.725. The normalized spacial score (nSPS) is 10.0. The zero-order valence-electron chi connectivity index (χ0n) is 8.51. The Morgan fingerprint density at radius 1 is 1.13 bits per heavy atom. The Bertz CT molecular complexity index is 455. The van der Waals surface area contributed by atoms with Crippen LogP contribution in [0, 0.1) is 6.92 Å². The van der Waals surface area contributed by atoms with Crippen molar-refractivity contribution < 1.29 is 4.74 Å². The molecular formula is C10H10N4O. The SMILES string of the molecule is COc1ncc(-c2ccnc(C)n2)cn1. The number of aromatic nitrogens is 4. The fourth-order valence-electron chi connectivity index (χ4n) is 1.17. The number of methoxy groups -OCH3 is 1. The number of hydrogen-bond donors (Lipinski definition) is 0. The van der Waals surface area contributed by atoms with Crippen LogP contribution in [-0.2, 0) is 0 Å². The van der Waals surface area contributed by atoms with Crippen molar-refractivity contribution in [3.05, 3.63) is 30.5 Å². The highest BCUT2D eigenvalue weighted by Gasteiger charge is 2.01. The third-order valence-electron chi connectivity index (χ3n) is 1.88. The molecule has 0 unspecified atom stereocenters. The molecule has 2 aromatic rings. The lowest BCUT2D eigenvalue weighted by Gasteiger charge is -2.01. The first-order valence-corrected chi connectivity index (χ1v) is 4.45. The van der Waals surface area contributed by atoms with Crippen LogP contribution < -0.4 is 4.74 Å². The van der Waals surface area contributed by atoms with Crippen LogP contribution in [0.5, 0.6) is 6.01 Å². The predicted molar refractivity (Wildman–Crippen MR) is 54.3 cm³/mol. The van der Waals surface area contributed by atoms with Gasteiger partial charge in [-0.1, -0.05) is 0 Å². The van der Waals surface area contributed by atoms with Crippen LogP contribution >= 0.6 is 0 Å². The largest absolute Gasteiger partial charge is 0.467 e. The Hall–Kier alpha value is -2.04. The van der Waals surface area contributed by atoms with E-state index in [2.05, 4.69) is 19.9 Å². The first-order valence-electron chi connectivity index (χ1n) is 4.45. The smallest absolute Gasteiger partial charge is 0.316 e. The molecule has 0 radical (unpaired) electrons. The number of aryl methyl sites for hydroxylation is 1. The van der Waals surface area contributed by atoms with Crippen molar-refractivity contribution in [3.63, 3.8) is 0 Å². The van der Waals surface area contributed by atoms with Gasteiger partial charge in [0.2, 0.25) is 0 Å². The van der Waals surface area contributed by atoms with Gasteiger partial charge in [-0.3, -0.25) is 0 Å². The average molecular weight is 202 g/mol. The quantitative estimate of drug-likeness (QED) is 0.733. The van der Waals surface area contributed by atoms with E-state index in [1.54, 1.807) is 18.6 Å². The van der Waals surface area contributed by atoms with E-state index in [4.69, 9.17) is 4.74 Å². The summed E-state index contributed by atoms with van der Waals surface area (Å²) in [6, 6.07) is 2.17. The van der Waals surface area contributed by atoms with Gasteiger partial charge in [-0.25, -0.2) is 19.9 Å². The summed E-state index contributed by atoms with van der Waals surface area (Å²) in [5, 5.41) is 0. The van der Waals surface area contributed by atoms with Gasteiger partial charge in [0.25, 0.3) is 0 Å². The summed E-state index contributed by atoms with van der Waals surface area (Å²) in [7, 11) is 1.53. The van der Waals surface area contributed by atoms with Crippen molar-refractivity contribution in [1.29, 1.82) is 0 Å². The Morgan fingerprint density at radius 2 is 1.87 bits per heavy atom. The maximum absolute atomic E-state index is 4.87. The van der Waals surface area contributed by atoms with Crippen molar-refractivity contribution in [3.8, 4) is 17.3 Å². The third kappa shape index (κ3) is 2.07. The Balaban J connectivity index is 2.37.